The van der Waals surface area contributed by atoms with Gasteiger partial charge in [0.2, 0.25) is 11.0 Å². The number of aliphatic imine (C=N–C) groups is 1. The van der Waals surface area contributed by atoms with Crippen LogP contribution in [0.4, 0.5) is 5.69 Å². The maximum Gasteiger partial charge on any atom is 0.248 e. The second-order valence-electron chi connectivity index (χ2n) is 8.45. The van der Waals surface area contributed by atoms with Gasteiger partial charge < -0.3 is 15.4 Å². The van der Waals surface area contributed by atoms with Crippen LogP contribution in [0.15, 0.2) is 88.5 Å². The number of benzene rings is 3. The largest absolute Gasteiger partial charge is 0.359 e. The summed E-state index contributed by atoms with van der Waals surface area (Å²) in [4.78, 5) is 10.1. The summed E-state index contributed by atoms with van der Waals surface area (Å²) >= 11 is 0. The highest BCUT2D eigenvalue weighted by Crippen LogP contribution is 2.15. The molecule has 5 rings (SSSR count). The molecule has 1 aromatic heterocycles. The highest BCUT2D eigenvalue weighted by molar-refractivity contribution is 5.93. The van der Waals surface area contributed by atoms with E-state index in [1.807, 2.05) is 42.5 Å². The van der Waals surface area contributed by atoms with Crippen LogP contribution in [0.3, 0.4) is 0 Å². The zero-order valence-corrected chi connectivity index (χ0v) is 19.0. The minimum absolute atomic E-state index is 0.463. The molecule has 1 aliphatic rings. The van der Waals surface area contributed by atoms with Crippen molar-refractivity contribution < 1.29 is 9.53 Å². The molecule has 174 valence electrons. The zero-order chi connectivity index (χ0) is 23.2. The number of aromatic nitrogens is 2. The third kappa shape index (κ3) is 5.35. The predicted molar refractivity (Wildman–Crippen MR) is 132 cm³/mol. The molecule has 1 saturated heterocycles. The summed E-state index contributed by atoms with van der Waals surface area (Å²) in [7, 11) is 0. The molecule has 0 radical (unpaired) electrons. The fourth-order valence-electron chi connectivity index (χ4n) is 4.20. The Labute approximate surface area is 198 Å². The zero-order valence-electron chi connectivity index (χ0n) is 19.0. The second kappa shape index (κ2) is 10.4. The van der Waals surface area contributed by atoms with E-state index in [4.69, 9.17) is 4.99 Å². The van der Waals surface area contributed by atoms with Crippen molar-refractivity contribution in [2.75, 3.05) is 38.0 Å². The van der Waals surface area contributed by atoms with Gasteiger partial charge in [0, 0.05) is 50.1 Å². The van der Waals surface area contributed by atoms with Crippen molar-refractivity contribution in [3.05, 3.63) is 95.2 Å². The predicted octanol–water partition coefficient (Wildman–Crippen LogP) is 3.29. The molecule has 8 nitrogen and oxygen atoms in total. The number of fused-ring (bicyclic) bond motifs is 1. The molecule has 1 fully saturated rings. The molecule has 1 aliphatic heterocycles. The third-order valence-electron chi connectivity index (χ3n) is 6.06. The van der Waals surface area contributed by atoms with E-state index in [0.717, 1.165) is 62.9 Å². The molecule has 2 heterocycles. The Hall–Kier alpha value is -3.91. The van der Waals surface area contributed by atoms with Gasteiger partial charge in [-0.15, -0.1) is 0 Å². The summed E-state index contributed by atoms with van der Waals surface area (Å²) in [5.74, 6) is 0.917. The van der Waals surface area contributed by atoms with Crippen LogP contribution in [0.5, 0.6) is 0 Å². The molecule has 34 heavy (non-hydrogen) atoms. The van der Waals surface area contributed by atoms with Crippen LogP contribution in [0, 0.1) is 5.21 Å². The number of hydrogen-bond acceptors (Lipinski definition) is 5. The van der Waals surface area contributed by atoms with Crippen LogP contribution in [-0.4, -0.2) is 53.6 Å². The van der Waals surface area contributed by atoms with Crippen molar-refractivity contribution in [1.29, 1.82) is 0 Å². The summed E-state index contributed by atoms with van der Waals surface area (Å²) in [5.41, 5.74) is 4.45. The Kier molecular flexibility index (Phi) is 6.67. The summed E-state index contributed by atoms with van der Waals surface area (Å²) in [5, 5.41) is 19.0. The SMILES string of the molecule is [O-][n+]1onc2ccc(CN3CCN(C(=NCCc4ccccc4)Nc4ccccc4)CC3)cc21. The van der Waals surface area contributed by atoms with Gasteiger partial charge in [0.15, 0.2) is 5.96 Å². The lowest BCUT2D eigenvalue weighted by Gasteiger charge is -2.36. The van der Waals surface area contributed by atoms with Crippen molar-refractivity contribution in [3.8, 4) is 0 Å². The standard InChI is InChI=1S/C26H28N6O2/c33-32-25-19-22(11-12-24(25)29-34-32)20-30-15-17-31(18-16-30)26(28-23-9-5-2-6-10-23)27-14-13-21-7-3-1-4-8-21/h1-12,19H,13-18,20H2,(H,27,28). The molecule has 0 atom stereocenters. The van der Waals surface area contributed by atoms with E-state index >= 15 is 0 Å². The van der Waals surface area contributed by atoms with Gasteiger partial charge in [-0.25, -0.2) is 0 Å². The monoisotopic (exact) mass is 456 g/mol. The number of piperazine rings is 1. The number of para-hydroxylation sites is 1. The first-order valence-electron chi connectivity index (χ1n) is 11.6. The Morgan fingerprint density at radius 3 is 2.44 bits per heavy atom. The van der Waals surface area contributed by atoms with Crippen LogP contribution < -0.4 is 10.2 Å². The summed E-state index contributed by atoms with van der Waals surface area (Å²) in [6.07, 6.45) is 0.909. The van der Waals surface area contributed by atoms with E-state index in [1.54, 1.807) is 0 Å². The van der Waals surface area contributed by atoms with E-state index in [2.05, 4.69) is 61.3 Å². The quantitative estimate of drug-likeness (QED) is 0.272. The molecule has 3 aromatic carbocycles. The normalized spacial score (nSPS) is 15.1. The van der Waals surface area contributed by atoms with Gasteiger partial charge in [-0.1, -0.05) is 54.6 Å². The molecule has 1 N–H and O–H groups in total. The van der Waals surface area contributed by atoms with Crippen molar-refractivity contribution in [2.45, 2.75) is 13.0 Å². The lowest BCUT2D eigenvalue weighted by Crippen LogP contribution is -2.50. The van der Waals surface area contributed by atoms with Gasteiger partial charge >= 0.3 is 0 Å². The first-order chi connectivity index (χ1) is 16.7. The number of nitrogens with one attached hydrogen (secondary N) is 1. The summed E-state index contributed by atoms with van der Waals surface area (Å²) in [6, 6.07) is 26.4. The van der Waals surface area contributed by atoms with Gasteiger partial charge in [0.25, 0.3) is 0 Å². The molecular weight excluding hydrogens is 428 g/mol. The van der Waals surface area contributed by atoms with Crippen LogP contribution in [-0.2, 0) is 13.0 Å². The number of guanidine groups is 1. The first-order valence-corrected chi connectivity index (χ1v) is 11.6. The fourth-order valence-corrected chi connectivity index (χ4v) is 4.20. The van der Waals surface area contributed by atoms with Gasteiger partial charge in [-0.2, -0.15) is 0 Å². The fraction of sp³-hybridized carbons (Fsp3) is 0.269. The minimum Gasteiger partial charge on any atom is -0.359 e. The Balaban J connectivity index is 1.22. The highest BCUT2D eigenvalue weighted by Gasteiger charge is 2.21. The van der Waals surface area contributed by atoms with Gasteiger partial charge in [-0.05, 0) is 46.7 Å². The Morgan fingerprint density at radius 1 is 0.941 bits per heavy atom. The molecule has 0 bridgehead atoms. The third-order valence-corrected chi connectivity index (χ3v) is 6.06. The lowest BCUT2D eigenvalue weighted by atomic mass is 10.1. The number of anilines is 1. The van der Waals surface area contributed by atoms with E-state index in [1.165, 1.54) is 5.56 Å². The number of nitrogens with zero attached hydrogens (tertiary/aromatic N) is 5. The van der Waals surface area contributed by atoms with Gasteiger partial charge in [0.05, 0.1) is 0 Å². The molecule has 0 saturated carbocycles. The Morgan fingerprint density at radius 2 is 1.68 bits per heavy atom. The first kappa shape index (κ1) is 21.9. The van der Waals surface area contributed by atoms with Crippen LogP contribution >= 0.6 is 0 Å². The second-order valence-corrected chi connectivity index (χ2v) is 8.45. The molecule has 8 heteroatoms. The molecule has 0 unspecified atom stereocenters. The molecule has 0 aliphatic carbocycles. The maximum absolute atomic E-state index is 11.7. The number of hydrogen-bond donors (Lipinski definition) is 1. The number of rotatable bonds is 6. The van der Waals surface area contributed by atoms with E-state index < -0.39 is 0 Å². The van der Waals surface area contributed by atoms with Gasteiger partial charge in [0.1, 0.15) is 0 Å². The Bertz CT molecular complexity index is 1230. The summed E-state index contributed by atoms with van der Waals surface area (Å²) < 4.78 is 4.68. The van der Waals surface area contributed by atoms with E-state index in [-0.39, 0.29) is 0 Å². The van der Waals surface area contributed by atoms with Gasteiger partial charge in [-0.3, -0.25) is 14.5 Å². The highest BCUT2D eigenvalue weighted by atomic mass is 16.8. The minimum atomic E-state index is 0.463. The average Bonchev–Trinajstić information content (AvgIpc) is 3.25. The molecule has 0 spiro atoms. The average molecular weight is 457 g/mol. The lowest BCUT2D eigenvalue weighted by molar-refractivity contribution is -0.782. The van der Waals surface area contributed by atoms with Crippen molar-refractivity contribution >= 4 is 22.7 Å². The van der Waals surface area contributed by atoms with Crippen LogP contribution in [0.25, 0.3) is 11.0 Å². The molecule has 0 amide bonds. The van der Waals surface area contributed by atoms with Crippen LogP contribution in [0.2, 0.25) is 0 Å². The topological polar surface area (TPSA) is 83.8 Å². The maximum atomic E-state index is 11.7. The molecule has 4 aromatic rings. The van der Waals surface area contributed by atoms with Crippen molar-refractivity contribution in [3.63, 3.8) is 0 Å². The molecular formula is C26H28N6O2. The van der Waals surface area contributed by atoms with Crippen molar-refractivity contribution in [1.82, 2.24) is 15.0 Å². The van der Waals surface area contributed by atoms with E-state index in [9.17, 15) is 5.21 Å². The smallest absolute Gasteiger partial charge is 0.248 e. The van der Waals surface area contributed by atoms with Crippen molar-refractivity contribution in [2.24, 2.45) is 4.99 Å². The van der Waals surface area contributed by atoms with E-state index in [0.29, 0.717) is 15.9 Å². The van der Waals surface area contributed by atoms with Crippen LogP contribution in [0.1, 0.15) is 11.1 Å². The summed E-state index contributed by atoms with van der Waals surface area (Å²) in [6.45, 7) is 5.08.